The van der Waals surface area contributed by atoms with Gasteiger partial charge in [0.15, 0.2) is 11.6 Å². The number of rotatable bonds is 6. The summed E-state index contributed by atoms with van der Waals surface area (Å²) in [5.41, 5.74) is 0.808. The van der Waals surface area contributed by atoms with Crippen molar-refractivity contribution in [1.29, 1.82) is 0 Å². The molecule has 1 N–H and O–H groups in total. The zero-order chi connectivity index (χ0) is 14.4. The molecule has 1 aromatic carbocycles. The SMILES string of the molecule is OCCOC1CCCN(CCc2ccc(F)c(F)c2)C1. The molecule has 1 atom stereocenters. The molecule has 0 spiro atoms. The Bertz CT molecular complexity index is 428. The van der Waals surface area contributed by atoms with E-state index < -0.39 is 11.6 Å². The Labute approximate surface area is 118 Å². The molecule has 0 amide bonds. The summed E-state index contributed by atoms with van der Waals surface area (Å²) in [6.07, 6.45) is 2.94. The van der Waals surface area contributed by atoms with E-state index in [1.165, 1.54) is 12.1 Å². The topological polar surface area (TPSA) is 32.7 Å². The van der Waals surface area contributed by atoms with Gasteiger partial charge in [0.1, 0.15) is 0 Å². The Morgan fingerprint density at radius 2 is 2.15 bits per heavy atom. The number of nitrogens with zero attached hydrogens (tertiary/aromatic N) is 1. The van der Waals surface area contributed by atoms with Crippen molar-refractivity contribution in [2.45, 2.75) is 25.4 Å². The van der Waals surface area contributed by atoms with Gasteiger partial charge in [0.05, 0.1) is 19.3 Å². The van der Waals surface area contributed by atoms with Gasteiger partial charge in [-0.2, -0.15) is 0 Å². The summed E-state index contributed by atoms with van der Waals surface area (Å²) in [5.74, 6) is -1.59. The van der Waals surface area contributed by atoms with Crippen LogP contribution in [0.2, 0.25) is 0 Å². The Morgan fingerprint density at radius 1 is 1.30 bits per heavy atom. The highest BCUT2D eigenvalue weighted by Gasteiger charge is 2.19. The normalized spacial score (nSPS) is 20.2. The first-order chi connectivity index (χ1) is 9.69. The summed E-state index contributed by atoms with van der Waals surface area (Å²) in [6.45, 7) is 3.07. The number of piperidine rings is 1. The van der Waals surface area contributed by atoms with Crippen molar-refractivity contribution < 1.29 is 18.6 Å². The Balaban J connectivity index is 1.79. The average Bonchev–Trinajstić information content (AvgIpc) is 2.47. The van der Waals surface area contributed by atoms with Crippen LogP contribution in [0.1, 0.15) is 18.4 Å². The first-order valence-corrected chi connectivity index (χ1v) is 7.08. The summed E-state index contributed by atoms with van der Waals surface area (Å²) in [7, 11) is 0. The standard InChI is InChI=1S/C15H21F2NO2/c16-14-4-3-12(10-15(14)17)5-7-18-6-1-2-13(11-18)20-9-8-19/h3-4,10,13,19H,1-2,5-9,11H2. The van der Waals surface area contributed by atoms with Gasteiger partial charge in [0.25, 0.3) is 0 Å². The van der Waals surface area contributed by atoms with E-state index in [2.05, 4.69) is 4.90 Å². The minimum absolute atomic E-state index is 0.0470. The van der Waals surface area contributed by atoms with Crippen LogP contribution < -0.4 is 0 Å². The van der Waals surface area contributed by atoms with Crippen LogP contribution in [0, 0.1) is 11.6 Å². The maximum Gasteiger partial charge on any atom is 0.159 e. The average molecular weight is 285 g/mol. The highest BCUT2D eigenvalue weighted by atomic mass is 19.2. The number of halogens is 2. The van der Waals surface area contributed by atoms with E-state index in [1.54, 1.807) is 6.07 Å². The van der Waals surface area contributed by atoms with E-state index >= 15 is 0 Å². The molecular weight excluding hydrogens is 264 g/mol. The second-order valence-corrected chi connectivity index (χ2v) is 5.16. The molecule has 2 rings (SSSR count). The Kier molecular flexibility index (Phi) is 5.88. The maximum absolute atomic E-state index is 13.1. The van der Waals surface area contributed by atoms with E-state index in [1.807, 2.05) is 0 Å². The molecule has 20 heavy (non-hydrogen) atoms. The molecule has 0 radical (unpaired) electrons. The summed E-state index contributed by atoms with van der Waals surface area (Å²) in [6, 6.07) is 4.06. The van der Waals surface area contributed by atoms with E-state index in [4.69, 9.17) is 9.84 Å². The Morgan fingerprint density at radius 3 is 2.90 bits per heavy atom. The highest BCUT2D eigenvalue weighted by molar-refractivity contribution is 5.18. The molecule has 1 saturated heterocycles. The molecular formula is C15H21F2NO2. The van der Waals surface area contributed by atoms with Crippen molar-refractivity contribution >= 4 is 0 Å². The minimum atomic E-state index is -0.802. The fourth-order valence-corrected chi connectivity index (χ4v) is 2.55. The molecule has 1 unspecified atom stereocenters. The van der Waals surface area contributed by atoms with Crippen molar-refractivity contribution in [2.24, 2.45) is 0 Å². The van der Waals surface area contributed by atoms with Crippen molar-refractivity contribution in [3.8, 4) is 0 Å². The molecule has 0 bridgehead atoms. The predicted molar refractivity (Wildman–Crippen MR) is 72.6 cm³/mol. The van der Waals surface area contributed by atoms with E-state index in [9.17, 15) is 8.78 Å². The Hall–Kier alpha value is -1.04. The van der Waals surface area contributed by atoms with Gasteiger partial charge in [-0.25, -0.2) is 8.78 Å². The highest BCUT2D eigenvalue weighted by Crippen LogP contribution is 2.15. The van der Waals surface area contributed by atoms with Crippen LogP contribution in [0.5, 0.6) is 0 Å². The summed E-state index contributed by atoms with van der Waals surface area (Å²) in [4.78, 5) is 2.27. The molecule has 5 heteroatoms. The number of likely N-dealkylation sites (tertiary alicyclic amines) is 1. The third kappa shape index (κ3) is 4.51. The van der Waals surface area contributed by atoms with E-state index in [0.717, 1.165) is 38.0 Å². The molecule has 0 aliphatic carbocycles. The van der Waals surface area contributed by atoms with Crippen molar-refractivity contribution in [3.05, 3.63) is 35.4 Å². The number of hydrogen-bond donors (Lipinski definition) is 1. The lowest BCUT2D eigenvalue weighted by Gasteiger charge is -2.32. The molecule has 0 aromatic heterocycles. The number of ether oxygens (including phenoxy) is 1. The molecule has 1 aromatic rings. The number of aliphatic hydroxyl groups excluding tert-OH is 1. The molecule has 1 aliphatic rings. The van der Waals surface area contributed by atoms with Gasteiger partial charge in [-0.05, 0) is 43.5 Å². The fraction of sp³-hybridized carbons (Fsp3) is 0.600. The zero-order valence-corrected chi connectivity index (χ0v) is 11.5. The lowest BCUT2D eigenvalue weighted by molar-refractivity contribution is -0.0141. The first kappa shape index (κ1) is 15.4. The minimum Gasteiger partial charge on any atom is -0.394 e. The maximum atomic E-state index is 13.1. The first-order valence-electron chi connectivity index (χ1n) is 7.08. The van der Waals surface area contributed by atoms with Crippen LogP contribution in [-0.4, -0.2) is 49.0 Å². The van der Waals surface area contributed by atoms with Crippen molar-refractivity contribution in [2.75, 3.05) is 32.8 Å². The largest absolute Gasteiger partial charge is 0.394 e. The molecule has 112 valence electrons. The van der Waals surface area contributed by atoms with Crippen LogP contribution in [0.15, 0.2) is 18.2 Å². The molecule has 1 heterocycles. The van der Waals surface area contributed by atoms with E-state index in [0.29, 0.717) is 13.0 Å². The van der Waals surface area contributed by atoms with Gasteiger partial charge >= 0.3 is 0 Å². The van der Waals surface area contributed by atoms with E-state index in [-0.39, 0.29) is 12.7 Å². The van der Waals surface area contributed by atoms with Gasteiger partial charge in [0.2, 0.25) is 0 Å². The van der Waals surface area contributed by atoms with Crippen LogP contribution >= 0.6 is 0 Å². The third-order valence-electron chi connectivity index (χ3n) is 3.61. The van der Waals surface area contributed by atoms with Gasteiger partial charge in [0, 0.05) is 13.1 Å². The summed E-state index contributed by atoms with van der Waals surface area (Å²) < 4.78 is 31.5. The zero-order valence-electron chi connectivity index (χ0n) is 11.5. The molecule has 1 fully saturated rings. The van der Waals surface area contributed by atoms with Crippen LogP contribution in [-0.2, 0) is 11.2 Å². The van der Waals surface area contributed by atoms with Gasteiger partial charge in [-0.3, -0.25) is 0 Å². The summed E-state index contributed by atoms with van der Waals surface area (Å²) >= 11 is 0. The van der Waals surface area contributed by atoms with Crippen LogP contribution in [0.3, 0.4) is 0 Å². The lowest BCUT2D eigenvalue weighted by Crippen LogP contribution is -2.41. The summed E-state index contributed by atoms with van der Waals surface area (Å²) in [5, 5.41) is 8.76. The third-order valence-corrected chi connectivity index (χ3v) is 3.61. The fourth-order valence-electron chi connectivity index (χ4n) is 2.55. The van der Waals surface area contributed by atoms with Crippen LogP contribution in [0.4, 0.5) is 8.78 Å². The van der Waals surface area contributed by atoms with Crippen molar-refractivity contribution in [1.82, 2.24) is 4.90 Å². The van der Waals surface area contributed by atoms with Gasteiger partial charge in [-0.15, -0.1) is 0 Å². The number of hydrogen-bond acceptors (Lipinski definition) is 3. The molecule has 1 aliphatic heterocycles. The van der Waals surface area contributed by atoms with Gasteiger partial charge < -0.3 is 14.7 Å². The monoisotopic (exact) mass is 285 g/mol. The quantitative estimate of drug-likeness (QED) is 0.867. The lowest BCUT2D eigenvalue weighted by atomic mass is 10.1. The molecule has 0 saturated carbocycles. The predicted octanol–water partition coefficient (Wildman–Crippen LogP) is 1.98. The van der Waals surface area contributed by atoms with Crippen molar-refractivity contribution in [3.63, 3.8) is 0 Å². The van der Waals surface area contributed by atoms with Crippen LogP contribution in [0.25, 0.3) is 0 Å². The number of aliphatic hydroxyl groups is 1. The second-order valence-electron chi connectivity index (χ2n) is 5.16. The molecule has 3 nitrogen and oxygen atoms in total. The number of benzene rings is 1. The van der Waals surface area contributed by atoms with Gasteiger partial charge in [-0.1, -0.05) is 6.07 Å². The second kappa shape index (κ2) is 7.67. The smallest absolute Gasteiger partial charge is 0.159 e.